The predicted octanol–water partition coefficient (Wildman–Crippen LogP) is 3.60. The molecule has 1 amide bonds. The summed E-state index contributed by atoms with van der Waals surface area (Å²) in [6, 6.07) is 22.8. The van der Waals surface area contributed by atoms with E-state index in [1.807, 2.05) is 6.07 Å². The lowest BCUT2D eigenvalue weighted by Crippen LogP contribution is -2.16. The van der Waals surface area contributed by atoms with Crippen molar-refractivity contribution in [2.75, 3.05) is 11.1 Å². The van der Waals surface area contributed by atoms with Gasteiger partial charge in [0.1, 0.15) is 5.75 Å². The molecule has 0 heterocycles. The number of sulfone groups is 1. The maximum Gasteiger partial charge on any atom is 0.255 e. The van der Waals surface area contributed by atoms with Crippen LogP contribution in [0.3, 0.4) is 0 Å². The molecule has 0 saturated heterocycles. The summed E-state index contributed by atoms with van der Waals surface area (Å²) in [5.74, 6) is -1.35. The molecule has 0 aliphatic rings. The average Bonchev–Trinajstić information content (AvgIpc) is 2.69. The number of anilines is 1. The van der Waals surface area contributed by atoms with Crippen LogP contribution in [0, 0.1) is 0 Å². The molecule has 6 heteroatoms. The normalized spacial score (nSPS) is 11.0. The van der Waals surface area contributed by atoms with Gasteiger partial charge in [0.05, 0.1) is 4.90 Å². The summed E-state index contributed by atoms with van der Waals surface area (Å²) in [7, 11) is -3.77. The van der Waals surface area contributed by atoms with Crippen LogP contribution in [-0.2, 0) is 9.84 Å². The summed E-state index contributed by atoms with van der Waals surface area (Å²) < 4.78 is 24.9. The molecular formula is C21H17NO4S. The van der Waals surface area contributed by atoms with Gasteiger partial charge in [0.2, 0.25) is 0 Å². The number of Topliss-reactive ketones (excluding diaryl/α,β-unsaturated/α-hetero) is 1. The fourth-order valence-corrected chi connectivity index (χ4v) is 3.73. The van der Waals surface area contributed by atoms with Gasteiger partial charge in [0.25, 0.3) is 5.91 Å². The summed E-state index contributed by atoms with van der Waals surface area (Å²) in [5, 5.41) is 2.70. The Morgan fingerprint density at radius 2 is 1.22 bits per heavy atom. The first kappa shape index (κ1) is 18.5. The molecule has 0 aromatic heterocycles. The summed E-state index contributed by atoms with van der Waals surface area (Å²) in [4.78, 5) is 24.3. The molecule has 136 valence electrons. The van der Waals surface area contributed by atoms with Gasteiger partial charge in [-0.3, -0.25) is 9.59 Å². The number of carbonyl (C=O) groups excluding carboxylic acids is 2. The van der Waals surface area contributed by atoms with Gasteiger partial charge in [0, 0.05) is 16.8 Å². The molecule has 0 fully saturated rings. The van der Waals surface area contributed by atoms with E-state index in [4.69, 9.17) is 0 Å². The topological polar surface area (TPSA) is 80.3 Å². The summed E-state index contributed by atoms with van der Waals surface area (Å²) in [6.45, 7) is 0. The molecule has 3 aromatic rings. The first-order valence-electron chi connectivity index (χ1n) is 8.23. The van der Waals surface area contributed by atoms with Crippen LogP contribution in [0.5, 0.6) is 0 Å². The van der Waals surface area contributed by atoms with Crippen molar-refractivity contribution < 1.29 is 18.0 Å². The van der Waals surface area contributed by atoms with E-state index < -0.39 is 21.4 Å². The van der Waals surface area contributed by atoms with Gasteiger partial charge in [-0.15, -0.1) is 0 Å². The van der Waals surface area contributed by atoms with Crippen LogP contribution < -0.4 is 5.32 Å². The molecule has 0 aliphatic heterocycles. The quantitative estimate of drug-likeness (QED) is 0.664. The standard InChI is InChI=1S/C21H17NO4S/c23-20(16-7-3-1-4-8-16)15-27(25,26)19-13-11-18(12-14-19)22-21(24)17-9-5-2-6-10-17/h1-14H,15H2,(H,22,24). The first-order chi connectivity index (χ1) is 13.0. The van der Waals surface area contributed by atoms with E-state index in [1.165, 1.54) is 24.3 Å². The minimum atomic E-state index is -3.77. The minimum Gasteiger partial charge on any atom is -0.322 e. The Morgan fingerprint density at radius 3 is 1.78 bits per heavy atom. The van der Waals surface area contributed by atoms with Gasteiger partial charge in [-0.05, 0) is 36.4 Å². The van der Waals surface area contributed by atoms with Crippen LogP contribution in [0.1, 0.15) is 20.7 Å². The minimum absolute atomic E-state index is 0.0319. The second-order valence-electron chi connectivity index (χ2n) is 5.89. The number of carbonyl (C=O) groups is 2. The highest BCUT2D eigenvalue weighted by Gasteiger charge is 2.20. The molecule has 0 atom stereocenters. The number of benzene rings is 3. The molecule has 0 saturated carbocycles. The maximum absolute atomic E-state index is 12.5. The van der Waals surface area contributed by atoms with Crippen molar-refractivity contribution in [3.63, 3.8) is 0 Å². The number of rotatable bonds is 6. The van der Waals surface area contributed by atoms with E-state index in [-0.39, 0.29) is 10.8 Å². The van der Waals surface area contributed by atoms with E-state index in [1.54, 1.807) is 54.6 Å². The molecule has 1 N–H and O–H groups in total. The maximum atomic E-state index is 12.5. The second-order valence-corrected chi connectivity index (χ2v) is 7.88. The Labute approximate surface area is 157 Å². The zero-order valence-electron chi connectivity index (χ0n) is 14.3. The molecule has 5 nitrogen and oxygen atoms in total. The highest BCUT2D eigenvalue weighted by Crippen LogP contribution is 2.17. The summed E-state index contributed by atoms with van der Waals surface area (Å²) in [5.41, 5.74) is 1.33. The summed E-state index contributed by atoms with van der Waals surface area (Å²) in [6.07, 6.45) is 0. The zero-order chi connectivity index (χ0) is 19.3. The predicted molar refractivity (Wildman–Crippen MR) is 104 cm³/mol. The molecular weight excluding hydrogens is 362 g/mol. The molecule has 0 spiro atoms. The van der Waals surface area contributed by atoms with Gasteiger partial charge in [0.15, 0.2) is 15.6 Å². The monoisotopic (exact) mass is 379 g/mol. The highest BCUT2D eigenvalue weighted by atomic mass is 32.2. The van der Waals surface area contributed by atoms with Crippen molar-refractivity contribution in [3.05, 3.63) is 96.1 Å². The highest BCUT2D eigenvalue weighted by molar-refractivity contribution is 7.92. The largest absolute Gasteiger partial charge is 0.322 e. The number of hydrogen-bond donors (Lipinski definition) is 1. The van der Waals surface area contributed by atoms with Crippen molar-refractivity contribution >= 4 is 27.2 Å². The Hall–Kier alpha value is -3.25. The molecule has 0 unspecified atom stereocenters. The Bertz CT molecular complexity index is 1040. The van der Waals surface area contributed by atoms with Crippen molar-refractivity contribution in [2.24, 2.45) is 0 Å². The number of nitrogens with one attached hydrogen (secondary N) is 1. The third kappa shape index (κ3) is 4.68. The second kappa shape index (κ2) is 7.97. The van der Waals surface area contributed by atoms with Crippen LogP contribution in [0.15, 0.2) is 89.8 Å². The van der Waals surface area contributed by atoms with Crippen LogP contribution in [-0.4, -0.2) is 25.9 Å². The smallest absolute Gasteiger partial charge is 0.255 e. The van der Waals surface area contributed by atoms with E-state index in [2.05, 4.69) is 5.32 Å². The summed E-state index contributed by atoms with van der Waals surface area (Å²) >= 11 is 0. The Balaban J connectivity index is 1.70. The molecule has 0 aliphatic carbocycles. The van der Waals surface area contributed by atoms with Crippen molar-refractivity contribution in [1.29, 1.82) is 0 Å². The van der Waals surface area contributed by atoms with Gasteiger partial charge in [-0.2, -0.15) is 0 Å². The number of amides is 1. The van der Waals surface area contributed by atoms with E-state index in [0.29, 0.717) is 16.8 Å². The Kier molecular flexibility index (Phi) is 5.47. The lowest BCUT2D eigenvalue weighted by atomic mass is 10.2. The SMILES string of the molecule is O=C(CS(=O)(=O)c1ccc(NC(=O)c2ccccc2)cc1)c1ccccc1. The van der Waals surface area contributed by atoms with E-state index in [0.717, 1.165) is 0 Å². The fourth-order valence-electron chi connectivity index (χ4n) is 2.50. The molecule has 3 rings (SSSR count). The molecule has 0 radical (unpaired) electrons. The molecule has 0 bridgehead atoms. The zero-order valence-corrected chi connectivity index (χ0v) is 15.1. The first-order valence-corrected chi connectivity index (χ1v) is 9.88. The van der Waals surface area contributed by atoms with Gasteiger partial charge >= 0.3 is 0 Å². The Morgan fingerprint density at radius 1 is 0.704 bits per heavy atom. The van der Waals surface area contributed by atoms with Crippen molar-refractivity contribution in [2.45, 2.75) is 4.90 Å². The average molecular weight is 379 g/mol. The van der Waals surface area contributed by atoms with E-state index >= 15 is 0 Å². The van der Waals surface area contributed by atoms with Gasteiger partial charge < -0.3 is 5.32 Å². The van der Waals surface area contributed by atoms with E-state index in [9.17, 15) is 18.0 Å². The third-order valence-corrected chi connectivity index (χ3v) is 5.56. The van der Waals surface area contributed by atoms with Crippen molar-refractivity contribution in [3.8, 4) is 0 Å². The van der Waals surface area contributed by atoms with Crippen LogP contribution in [0.2, 0.25) is 0 Å². The lowest BCUT2D eigenvalue weighted by Gasteiger charge is -2.08. The van der Waals surface area contributed by atoms with Gasteiger partial charge in [-0.1, -0.05) is 48.5 Å². The molecule has 27 heavy (non-hydrogen) atoms. The fraction of sp³-hybridized carbons (Fsp3) is 0.0476. The lowest BCUT2D eigenvalue weighted by molar-refractivity contribution is 0.101. The van der Waals surface area contributed by atoms with Crippen LogP contribution in [0.4, 0.5) is 5.69 Å². The number of ketones is 1. The number of hydrogen-bond acceptors (Lipinski definition) is 4. The van der Waals surface area contributed by atoms with Crippen molar-refractivity contribution in [1.82, 2.24) is 0 Å². The third-order valence-electron chi connectivity index (χ3n) is 3.92. The van der Waals surface area contributed by atoms with Crippen LogP contribution >= 0.6 is 0 Å². The van der Waals surface area contributed by atoms with Crippen LogP contribution in [0.25, 0.3) is 0 Å². The molecule has 3 aromatic carbocycles. The van der Waals surface area contributed by atoms with Gasteiger partial charge in [-0.25, -0.2) is 8.42 Å².